The second-order valence-corrected chi connectivity index (χ2v) is 11.6. The Bertz CT molecular complexity index is 1130. The van der Waals surface area contributed by atoms with Crippen LogP contribution in [-0.2, 0) is 11.2 Å². The highest BCUT2D eigenvalue weighted by molar-refractivity contribution is 5.86. The van der Waals surface area contributed by atoms with E-state index >= 15 is 0 Å². The van der Waals surface area contributed by atoms with Crippen LogP contribution in [0.1, 0.15) is 56.2 Å². The van der Waals surface area contributed by atoms with Crippen LogP contribution in [0.2, 0.25) is 0 Å². The lowest BCUT2D eigenvalue weighted by atomic mass is 9.49. The van der Waals surface area contributed by atoms with Crippen LogP contribution < -0.4 is 4.74 Å². The van der Waals surface area contributed by atoms with E-state index in [0.717, 1.165) is 35.8 Å². The maximum Gasteiger partial charge on any atom is 0.229 e. The molecule has 2 aromatic rings. The molecule has 8 nitrogen and oxygen atoms in total. The van der Waals surface area contributed by atoms with Crippen molar-refractivity contribution in [1.29, 1.82) is 0 Å². The summed E-state index contributed by atoms with van der Waals surface area (Å²) in [6.07, 6.45) is 1.23. The first-order valence-electron chi connectivity index (χ1n) is 13.3. The van der Waals surface area contributed by atoms with Crippen molar-refractivity contribution in [3.8, 4) is 5.75 Å². The van der Waals surface area contributed by atoms with E-state index in [1.54, 1.807) is 0 Å². The number of piperidine rings is 3. The molecule has 35 heavy (non-hydrogen) atoms. The van der Waals surface area contributed by atoms with Gasteiger partial charge in [0.25, 0.3) is 0 Å². The van der Waals surface area contributed by atoms with Crippen molar-refractivity contribution >= 4 is 10.9 Å². The molecule has 190 valence electrons. The van der Waals surface area contributed by atoms with Crippen molar-refractivity contribution in [2.75, 3.05) is 13.2 Å². The number of fused-ring (bicyclic) bond motifs is 4. The van der Waals surface area contributed by atoms with Crippen LogP contribution in [-0.4, -0.2) is 86.3 Å². The summed E-state index contributed by atoms with van der Waals surface area (Å²) in [6.45, 7) is 3.01. The Morgan fingerprint density at radius 1 is 1.20 bits per heavy atom. The zero-order valence-electron chi connectivity index (χ0n) is 20.1. The Kier molecular flexibility index (Phi) is 5.09. The van der Waals surface area contributed by atoms with Crippen molar-refractivity contribution in [2.45, 2.75) is 94.2 Å². The number of aromatic amines is 1. The predicted molar refractivity (Wildman–Crippen MR) is 128 cm³/mol. The first-order chi connectivity index (χ1) is 16.9. The number of nitrogens with zero attached hydrogens (tertiary/aromatic N) is 1. The normalized spacial score (nSPS) is 46.0. The zero-order chi connectivity index (χ0) is 24.1. The number of hydrogen-bond donors (Lipinski definition) is 5. The Labute approximate surface area is 204 Å². The van der Waals surface area contributed by atoms with Crippen molar-refractivity contribution in [3.05, 3.63) is 29.5 Å². The molecule has 2 aliphatic carbocycles. The summed E-state index contributed by atoms with van der Waals surface area (Å²) >= 11 is 0. The molecule has 6 heterocycles. The van der Waals surface area contributed by atoms with Crippen molar-refractivity contribution < 1.29 is 29.9 Å². The summed E-state index contributed by atoms with van der Waals surface area (Å²) in [5.74, 6) is 1.88. The third-order valence-corrected chi connectivity index (χ3v) is 10.2. The minimum absolute atomic E-state index is 0.457. The second kappa shape index (κ2) is 7.91. The number of aliphatic hydroxyl groups is 4. The fourth-order valence-corrected chi connectivity index (χ4v) is 8.61. The molecule has 2 saturated carbocycles. The molecule has 1 aromatic carbocycles. The third-order valence-electron chi connectivity index (χ3n) is 10.2. The Morgan fingerprint density at radius 2 is 2.06 bits per heavy atom. The molecular weight excluding hydrogens is 448 g/mol. The van der Waals surface area contributed by atoms with Crippen molar-refractivity contribution in [3.63, 3.8) is 0 Å². The van der Waals surface area contributed by atoms with Gasteiger partial charge in [0.15, 0.2) is 0 Å². The monoisotopic (exact) mass is 484 g/mol. The predicted octanol–water partition coefficient (Wildman–Crippen LogP) is 1.64. The van der Waals surface area contributed by atoms with E-state index < -0.39 is 37.3 Å². The van der Waals surface area contributed by atoms with Gasteiger partial charge in [0.2, 0.25) is 6.29 Å². The highest BCUT2D eigenvalue weighted by Gasteiger charge is 2.62. The van der Waals surface area contributed by atoms with Crippen LogP contribution in [0.25, 0.3) is 10.9 Å². The van der Waals surface area contributed by atoms with Gasteiger partial charge in [-0.05, 0) is 73.6 Å². The van der Waals surface area contributed by atoms with Gasteiger partial charge >= 0.3 is 0 Å². The highest BCUT2D eigenvalue weighted by atomic mass is 16.7. The first kappa shape index (κ1) is 22.5. The van der Waals surface area contributed by atoms with E-state index in [1.165, 1.54) is 43.4 Å². The average Bonchev–Trinajstić information content (AvgIpc) is 3.18. The number of H-pyrrole nitrogens is 1. The van der Waals surface area contributed by atoms with Crippen LogP contribution in [0.3, 0.4) is 0 Å². The summed E-state index contributed by atoms with van der Waals surface area (Å²) in [6, 6.07) is 7.25. The molecule has 4 unspecified atom stereocenters. The molecule has 0 amide bonds. The van der Waals surface area contributed by atoms with E-state index in [1.807, 2.05) is 18.2 Å². The molecular formula is C27H36N2O6. The SMILES string of the molecule is CCC12CC[C@H]3[C@H](C[C@H]4c5[nH]c6ccc(OC7O[C@H](CO)[C@@H](O)[C@H](O)[C@H]7O)cc6c5CCN3C41)C2. The maximum atomic E-state index is 10.4. The van der Waals surface area contributed by atoms with Crippen LogP contribution in [0.15, 0.2) is 18.2 Å². The van der Waals surface area contributed by atoms with Crippen LogP contribution >= 0.6 is 0 Å². The number of hydrogen-bond acceptors (Lipinski definition) is 7. The van der Waals surface area contributed by atoms with Gasteiger partial charge in [0.05, 0.1) is 6.61 Å². The minimum atomic E-state index is -1.46. The molecule has 0 radical (unpaired) electrons. The summed E-state index contributed by atoms with van der Waals surface area (Å²) in [7, 11) is 0. The van der Waals surface area contributed by atoms with Gasteiger partial charge in [-0.15, -0.1) is 0 Å². The van der Waals surface area contributed by atoms with Gasteiger partial charge in [-0.2, -0.15) is 0 Å². The summed E-state index contributed by atoms with van der Waals surface area (Å²) < 4.78 is 11.5. The first-order valence-corrected chi connectivity index (χ1v) is 13.3. The Balaban J connectivity index is 1.22. The van der Waals surface area contributed by atoms with Gasteiger partial charge in [0.1, 0.15) is 30.2 Å². The summed E-state index contributed by atoms with van der Waals surface area (Å²) in [5, 5.41) is 41.2. The quantitative estimate of drug-likeness (QED) is 0.448. The number of nitrogens with one attached hydrogen (secondary N) is 1. The van der Waals surface area contributed by atoms with E-state index in [4.69, 9.17) is 9.47 Å². The molecule has 6 fully saturated rings. The molecule has 1 aromatic heterocycles. The van der Waals surface area contributed by atoms with E-state index in [2.05, 4.69) is 16.8 Å². The van der Waals surface area contributed by atoms with E-state index in [-0.39, 0.29) is 0 Å². The van der Waals surface area contributed by atoms with Gasteiger partial charge in [-0.3, -0.25) is 4.90 Å². The van der Waals surface area contributed by atoms with Crippen LogP contribution in [0.5, 0.6) is 5.75 Å². The van der Waals surface area contributed by atoms with Crippen LogP contribution in [0, 0.1) is 11.3 Å². The smallest absolute Gasteiger partial charge is 0.229 e. The molecule has 11 atom stereocenters. The van der Waals surface area contributed by atoms with E-state index in [9.17, 15) is 20.4 Å². The lowest BCUT2D eigenvalue weighted by molar-refractivity contribution is -0.277. The number of aliphatic hydroxyl groups excluding tert-OH is 4. The lowest BCUT2D eigenvalue weighted by Crippen LogP contribution is -2.69. The fraction of sp³-hybridized carbons (Fsp3) is 0.704. The molecule has 5 N–H and O–H groups in total. The fourth-order valence-electron chi connectivity index (χ4n) is 8.61. The number of rotatable bonds is 4. The summed E-state index contributed by atoms with van der Waals surface area (Å²) in [5.41, 5.74) is 4.34. The third kappa shape index (κ3) is 3.07. The molecule has 4 saturated heterocycles. The molecule has 9 rings (SSSR count). The second-order valence-electron chi connectivity index (χ2n) is 11.6. The largest absolute Gasteiger partial charge is 0.462 e. The highest BCUT2D eigenvalue weighted by Crippen LogP contribution is 2.64. The average molecular weight is 485 g/mol. The van der Waals surface area contributed by atoms with E-state index in [0.29, 0.717) is 23.1 Å². The van der Waals surface area contributed by atoms with Gasteiger partial charge in [-0.1, -0.05) is 6.92 Å². The number of aromatic nitrogens is 1. The zero-order valence-corrected chi connectivity index (χ0v) is 20.1. The lowest BCUT2D eigenvalue weighted by Gasteiger charge is -2.67. The minimum Gasteiger partial charge on any atom is -0.462 e. The van der Waals surface area contributed by atoms with Crippen molar-refractivity contribution in [1.82, 2.24) is 9.88 Å². The Hall–Kier alpha value is -1.68. The molecule has 7 aliphatic rings. The van der Waals surface area contributed by atoms with Gasteiger partial charge in [0, 0.05) is 41.1 Å². The molecule has 5 aliphatic heterocycles. The maximum absolute atomic E-state index is 10.4. The molecule has 0 spiro atoms. The standard InChI is InChI=1S/C27H36N2O6/c1-2-27-7-5-19-13(11-27)9-17-21-15(6-8-29(19)25(17)27)16-10-14(3-4-18(16)28-21)34-26-24(33)23(32)22(31)20(12-30)35-26/h3-4,10,13,17,19-20,22-26,28,30-33H,2,5-9,11-12H2,1H3/t13-,17+,19+,20-,22-,23+,24-,25?,26?,27?/m1/s1. The van der Waals surface area contributed by atoms with Crippen molar-refractivity contribution in [2.24, 2.45) is 11.3 Å². The number of ether oxygens (including phenoxy) is 2. The van der Waals surface area contributed by atoms with Gasteiger partial charge < -0.3 is 34.9 Å². The Morgan fingerprint density at radius 3 is 2.86 bits per heavy atom. The van der Waals surface area contributed by atoms with Gasteiger partial charge in [-0.25, -0.2) is 0 Å². The van der Waals surface area contributed by atoms with Crippen LogP contribution in [0.4, 0.5) is 0 Å². The topological polar surface area (TPSA) is 118 Å². The molecule has 8 heteroatoms. The number of benzene rings is 1. The summed E-state index contributed by atoms with van der Waals surface area (Å²) in [4.78, 5) is 6.66. The molecule has 6 bridgehead atoms.